The molecular formula is C16H19N3O3. The summed E-state index contributed by atoms with van der Waals surface area (Å²) >= 11 is 0. The summed E-state index contributed by atoms with van der Waals surface area (Å²) in [4.78, 5) is 12.4. The maximum atomic E-state index is 12.4. The number of nitrogens with one attached hydrogen (secondary N) is 2. The van der Waals surface area contributed by atoms with Gasteiger partial charge in [-0.2, -0.15) is 5.10 Å². The second kappa shape index (κ2) is 5.37. The average molecular weight is 301 g/mol. The van der Waals surface area contributed by atoms with E-state index in [4.69, 9.17) is 9.47 Å². The molecule has 0 atom stereocenters. The van der Waals surface area contributed by atoms with Crippen LogP contribution < -0.4 is 5.32 Å². The predicted molar refractivity (Wildman–Crippen MR) is 81.3 cm³/mol. The summed E-state index contributed by atoms with van der Waals surface area (Å²) in [5.41, 5.74) is 1.78. The van der Waals surface area contributed by atoms with Crippen molar-refractivity contribution in [2.75, 3.05) is 18.5 Å². The monoisotopic (exact) mass is 301 g/mol. The van der Waals surface area contributed by atoms with Crippen molar-refractivity contribution in [3.8, 4) is 0 Å². The van der Waals surface area contributed by atoms with Crippen LogP contribution in [0.2, 0.25) is 0 Å². The lowest BCUT2D eigenvalue weighted by Gasteiger charge is -2.34. The van der Waals surface area contributed by atoms with Gasteiger partial charge in [0.1, 0.15) is 0 Å². The third-order valence-corrected chi connectivity index (χ3v) is 4.64. The Morgan fingerprint density at radius 3 is 2.82 bits per heavy atom. The van der Waals surface area contributed by atoms with Gasteiger partial charge in [-0.1, -0.05) is 0 Å². The fourth-order valence-electron chi connectivity index (χ4n) is 3.37. The number of anilines is 1. The van der Waals surface area contributed by atoms with Crippen molar-refractivity contribution in [2.24, 2.45) is 5.92 Å². The van der Waals surface area contributed by atoms with E-state index in [0.29, 0.717) is 13.2 Å². The highest BCUT2D eigenvalue weighted by Gasteiger charge is 2.41. The molecular weight excluding hydrogens is 282 g/mol. The normalized spacial score (nSPS) is 21.5. The smallest absolute Gasteiger partial charge is 0.227 e. The molecule has 4 rings (SSSR count). The van der Waals surface area contributed by atoms with Crippen LogP contribution in [0.3, 0.4) is 0 Å². The number of aromatic amines is 1. The van der Waals surface area contributed by atoms with Crippen LogP contribution in [-0.4, -0.2) is 35.1 Å². The Morgan fingerprint density at radius 2 is 2.05 bits per heavy atom. The number of aromatic nitrogens is 2. The van der Waals surface area contributed by atoms with Gasteiger partial charge in [0.25, 0.3) is 0 Å². The van der Waals surface area contributed by atoms with Crippen LogP contribution in [0.4, 0.5) is 5.69 Å². The molecule has 2 aromatic rings. The highest BCUT2D eigenvalue weighted by molar-refractivity contribution is 5.94. The van der Waals surface area contributed by atoms with Crippen LogP contribution in [0.25, 0.3) is 10.9 Å². The van der Waals surface area contributed by atoms with E-state index in [-0.39, 0.29) is 11.8 Å². The number of amides is 1. The van der Waals surface area contributed by atoms with Crippen molar-refractivity contribution in [1.29, 1.82) is 0 Å². The van der Waals surface area contributed by atoms with Crippen molar-refractivity contribution >= 4 is 22.5 Å². The molecule has 1 aromatic carbocycles. The van der Waals surface area contributed by atoms with E-state index in [0.717, 1.165) is 42.3 Å². The van der Waals surface area contributed by atoms with E-state index >= 15 is 0 Å². The Morgan fingerprint density at radius 1 is 1.27 bits per heavy atom. The van der Waals surface area contributed by atoms with Crippen LogP contribution in [0, 0.1) is 5.92 Å². The third kappa shape index (κ3) is 2.48. The molecule has 1 aliphatic carbocycles. The molecule has 1 amide bonds. The molecule has 116 valence electrons. The summed E-state index contributed by atoms with van der Waals surface area (Å²) < 4.78 is 11.4. The number of hydrogen-bond acceptors (Lipinski definition) is 4. The minimum Gasteiger partial charge on any atom is -0.348 e. The Bertz CT molecular complexity index is 681. The molecule has 2 fully saturated rings. The fraction of sp³-hybridized carbons (Fsp3) is 0.500. The number of rotatable bonds is 2. The fourth-order valence-corrected chi connectivity index (χ4v) is 3.37. The predicted octanol–water partition coefficient (Wildman–Crippen LogP) is 2.43. The first-order valence-corrected chi connectivity index (χ1v) is 7.76. The molecule has 1 spiro atoms. The number of carbonyl (C=O) groups excluding carboxylic acids is 1. The molecule has 22 heavy (non-hydrogen) atoms. The van der Waals surface area contributed by atoms with E-state index in [2.05, 4.69) is 15.5 Å². The van der Waals surface area contributed by atoms with E-state index < -0.39 is 5.79 Å². The van der Waals surface area contributed by atoms with Gasteiger partial charge < -0.3 is 14.8 Å². The number of fused-ring (bicyclic) bond motifs is 1. The average Bonchev–Trinajstić information content (AvgIpc) is 3.17. The highest BCUT2D eigenvalue weighted by atomic mass is 16.7. The van der Waals surface area contributed by atoms with Crippen molar-refractivity contribution in [3.05, 3.63) is 24.4 Å². The minimum absolute atomic E-state index is 0.0264. The lowest BCUT2D eigenvalue weighted by molar-refractivity contribution is -0.182. The van der Waals surface area contributed by atoms with Gasteiger partial charge in [-0.15, -0.1) is 0 Å². The largest absolute Gasteiger partial charge is 0.348 e. The van der Waals surface area contributed by atoms with Crippen LogP contribution in [0.5, 0.6) is 0 Å². The Hall–Kier alpha value is -1.92. The molecule has 2 aliphatic rings. The summed E-state index contributed by atoms with van der Waals surface area (Å²) in [6, 6.07) is 5.75. The Kier molecular flexibility index (Phi) is 3.35. The molecule has 0 radical (unpaired) electrons. The first kappa shape index (κ1) is 13.7. The van der Waals surface area contributed by atoms with Gasteiger partial charge >= 0.3 is 0 Å². The first-order valence-electron chi connectivity index (χ1n) is 7.76. The minimum atomic E-state index is -0.410. The second-order valence-electron chi connectivity index (χ2n) is 6.04. The van der Waals surface area contributed by atoms with Crippen molar-refractivity contribution in [2.45, 2.75) is 31.5 Å². The zero-order valence-corrected chi connectivity index (χ0v) is 12.3. The molecule has 0 unspecified atom stereocenters. The topological polar surface area (TPSA) is 76.2 Å². The maximum absolute atomic E-state index is 12.4. The van der Waals surface area contributed by atoms with Crippen LogP contribution in [-0.2, 0) is 14.3 Å². The van der Waals surface area contributed by atoms with E-state index in [9.17, 15) is 4.79 Å². The number of nitrogens with zero attached hydrogens (tertiary/aromatic N) is 1. The summed E-state index contributed by atoms with van der Waals surface area (Å²) in [6.45, 7) is 1.34. The van der Waals surface area contributed by atoms with E-state index in [1.165, 1.54) is 0 Å². The van der Waals surface area contributed by atoms with Crippen molar-refractivity contribution in [3.63, 3.8) is 0 Å². The quantitative estimate of drug-likeness (QED) is 0.893. The van der Waals surface area contributed by atoms with Crippen LogP contribution >= 0.6 is 0 Å². The first-order chi connectivity index (χ1) is 10.7. The molecule has 6 nitrogen and oxygen atoms in total. The molecule has 1 aromatic heterocycles. The highest BCUT2D eigenvalue weighted by Crippen LogP contribution is 2.38. The van der Waals surface area contributed by atoms with Crippen molar-refractivity contribution in [1.82, 2.24) is 10.2 Å². The SMILES string of the molecule is O=C(Nc1ccc2[nH]ncc2c1)C1CCC2(CC1)OCCO2. The number of hydrogen-bond donors (Lipinski definition) is 2. The van der Waals surface area contributed by atoms with Gasteiger partial charge in [0.05, 0.1) is 24.9 Å². The molecule has 1 saturated heterocycles. The molecule has 1 aliphatic heterocycles. The Balaban J connectivity index is 1.40. The van der Waals surface area contributed by atoms with Gasteiger partial charge in [-0.05, 0) is 31.0 Å². The third-order valence-electron chi connectivity index (χ3n) is 4.64. The Labute approximate surface area is 128 Å². The van der Waals surface area contributed by atoms with Gasteiger partial charge in [0.15, 0.2) is 5.79 Å². The molecule has 2 heterocycles. The summed E-state index contributed by atoms with van der Waals surface area (Å²) in [5, 5.41) is 10.9. The van der Waals surface area contributed by atoms with Gasteiger partial charge in [0, 0.05) is 29.8 Å². The van der Waals surface area contributed by atoms with Crippen LogP contribution in [0.1, 0.15) is 25.7 Å². The van der Waals surface area contributed by atoms with Gasteiger partial charge in [0.2, 0.25) is 5.91 Å². The zero-order chi connectivity index (χ0) is 15.0. The molecule has 1 saturated carbocycles. The molecule has 0 bridgehead atoms. The maximum Gasteiger partial charge on any atom is 0.227 e. The summed E-state index contributed by atoms with van der Waals surface area (Å²) in [6.07, 6.45) is 4.96. The van der Waals surface area contributed by atoms with Crippen LogP contribution in [0.15, 0.2) is 24.4 Å². The number of ether oxygens (including phenoxy) is 2. The van der Waals surface area contributed by atoms with Gasteiger partial charge in [-0.3, -0.25) is 9.89 Å². The van der Waals surface area contributed by atoms with Gasteiger partial charge in [-0.25, -0.2) is 0 Å². The number of carbonyl (C=O) groups is 1. The number of benzene rings is 1. The standard InChI is InChI=1S/C16H19N3O3/c20-15(11-3-5-16(6-4-11)21-7-8-22-16)18-13-1-2-14-12(9-13)10-17-19-14/h1-2,9-11H,3-8H2,(H,17,19)(H,18,20). The van der Waals surface area contributed by atoms with E-state index in [1.807, 2.05) is 18.2 Å². The molecule has 2 N–H and O–H groups in total. The summed E-state index contributed by atoms with van der Waals surface area (Å²) in [7, 11) is 0. The lowest BCUT2D eigenvalue weighted by atomic mass is 9.84. The van der Waals surface area contributed by atoms with E-state index in [1.54, 1.807) is 6.20 Å². The second-order valence-corrected chi connectivity index (χ2v) is 6.04. The lowest BCUT2D eigenvalue weighted by Crippen LogP contribution is -2.38. The summed E-state index contributed by atoms with van der Waals surface area (Å²) in [5.74, 6) is -0.305. The number of H-pyrrole nitrogens is 1. The molecule has 6 heteroatoms. The zero-order valence-electron chi connectivity index (χ0n) is 12.3. The van der Waals surface area contributed by atoms with Crippen molar-refractivity contribution < 1.29 is 14.3 Å².